The SMILES string of the molecule is CC(C)(C)n1ccc(C(=O)NCc2nc(-c3cc4c(N)cccc4n3C(F)C(F)F)no2)c1. The van der Waals surface area contributed by atoms with Crippen molar-refractivity contribution in [2.45, 2.75) is 45.6 Å². The molecule has 11 heteroatoms. The van der Waals surface area contributed by atoms with Crippen LogP contribution in [0.5, 0.6) is 0 Å². The average molecular weight is 460 g/mol. The molecular weight excluding hydrogens is 437 g/mol. The predicted octanol–water partition coefficient (Wildman–Crippen LogP) is 4.49. The molecule has 1 amide bonds. The van der Waals surface area contributed by atoms with Crippen molar-refractivity contribution in [3.05, 3.63) is 54.2 Å². The van der Waals surface area contributed by atoms with Crippen LogP contribution in [0, 0.1) is 0 Å². The summed E-state index contributed by atoms with van der Waals surface area (Å²) in [5, 5.41) is 6.84. The Morgan fingerprint density at radius 3 is 2.67 bits per heavy atom. The Balaban J connectivity index is 1.57. The van der Waals surface area contributed by atoms with E-state index in [4.69, 9.17) is 10.3 Å². The van der Waals surface area contributed by atoms with E-state index in [0.29, 0.717) is 16.6 Å². The molecule has 3 heterocycles. The molecule has 0 saturated carbocycles. The van der Waals surface area contributed by atoms with Gasteiger partial charge in [0.15, 0.2) is 0 Å². The first-order valence-electron chi connectivity index (χ1n) is 10.2. The number of anilines is 1. The summed E-state index contributed by atoms with van der Waals surface area (Å²) in [7, 11) is 0. The molecule has 174 valence electrons. The van der Waals surface area contributed by atoms with E-state index in [1.54, 1.807) is 30.6 Å². The molecule has 1 aromatic carbocycles. The highest BCUT2D eigenvalue weighted by atomic mass is 19.3. The molecule has 3 N–H and O–H groups in total. The maximum atomic E-state index is 14.5. The molecule has 4 rings (SSSR count). The number of amides is 1. The van der Waals surface area contributed by atoms with Crippen LogP contribution in [0.4, 0.5) is 18.9 Å². The molecule has 0 fully saturated rings. The summed E-state index contributed by atoms with van der Waals surface area (Å²) < 4.78 is 48.8. The Kier molecular flexibility index (Phi) is 5.64. The van der Waals surface area contributed by atoms with Crippen molar-refractivity contribution >= 4 is 22.5 Å². The molecule has 0 aliphatic carbocycles. The molecule has 33 heavy (non-hydrogen) atoms. The van der Waals surface area contributed by atoms with E-state index in [2.05, 4.69) is 15.5 Å². The number of carbonyl (C=O) groups is 1. The van der Waals surface area contributed by atoms with Crippen molar-refractivity contribution in [1.82, 2.24) is 24.6 Å². The second-order valence-electron chi connectivity index (χ2n) is 8.56. The second kappa shape index (κ2) is 8.30. The zero-order valence-corrected chi connectivity index (χ0v) is 18.2. The number of hydrogen-bond acceptors (Lipinski definition) is 5. The van der Waals surface area contributed by atoms with Gasteiger partial charge in [-0.05, 0) is 45.0 Å². The van der Waals surface area contributed by atoms with Gasteiger partial charge in [-0.15, -0.1) is 0 Å². The van der Waals surface area contributed by atoms with Gasteiger partial charge in [-0.2, -0.15) is 4.98 Å². The van der Waals surface area contributed by atoms with Gasteiger partial charge in [-0.3, -0.25) is 4.79 Å². The van der Waals surface area contributed by atoms with Crippen molar-refractivity contribution < 1.29 is 22.5 Å². The van der Waals surface area contributed by atoms with E-state index in [1.165, 1.54) is 12.1 Å². The fourth-order valence-corrected chi connectivity index (χ4v) is 3.46. The Labute approximate surface area is 187 Å². The van der Waals surface area contributed by atoms with E-state index in [-0.39, 0.29) is 40.9 Å². The monoisotopic (exact) mass is 460 g/mol. The largest absolute Gasteiger partial charge is 0.398 e. The van der Waals surface area contributed by atoms with Gasteiger partial charge in [0, 0.05) is 29.0 Å². The number of alkyl halides is 3. The Morgan fingerprint density at radius 1 is 1.24 bits per heavy atom. The lowest BCUT2D eigenvalue weighted by Gasteiger charge is -2.20. The van der Waals surface area contributed by atoms with Crippen LogP contribution in [0.3, 0.4) is 0 Å². The number of nitrogens with one attached hydrogen (secondary N) is 1. The quantitative estimate of drug-likeness (QED) is 0.413. The van der Waals surface area contributed by atoms with Gasteiger partial charge < -0.3 is 24.7 Å². The predicted molar refractivity (Wildman–Crippen MR) is 116 cm³/mol. The molecule has 0 bridgehead atoms. The van der Waals surface area contributed by atoms with Crippen LogP contribution in [0.25, 0.3) is 22.4 Å². The molecule has 4 aromatic rings. The zero-order chi connectivity index (χ0) is 23.9. The second-order valence-corrected chi connectivity index (χ2v) is 8.56. The maximum absolute atomic E-state index is 14.5. The number of halogens is 3. The van der Waals surface area contributed by atoms with Crippen LogP contribution in [-0.2, 0) is 12.1 Å². The van der Waals surface area contributed by atoms with E-state index in [0.717, 1.165) is 4.57 Å². The van der Waals surface area contributed by atoms with E-state index in [9.17, 15) is 18.0 Å². The number of rotatable bonds is 6. The number of nitrogens with zero attached hydrogens (tertiary/aromatic N) is 4. The molecule has 8 nitrogen and oxygen atoms in total. The fourth-order valence-electron chi connectivity index (χ4n) is 3.46. The van der Waals surface area contributed by atoms with Gasteiger partial charge >= 0.3 is 0 Å². The molecule has 1 atom stereocenters. The maximum Gasteiger partial charge on any atom is 0.288 e. The number of fused-ring (bicyclic) bond motifs is 1. The molecule has 0 aliphatic rings. The summed E-state index contributed by atoms with van der Waals surface area (Å²) in [6.07, 6.45) is -2.37. The van der Waals surface area contributed by atoms with Crippen molar-refractivity contribution in [2.75, 3.05) is 5.73 Å². The topological polar surface area (TPSA) is 104 Å². The van der Waals surface area contributed by atoms with E-state index >= 15 is 0 Å². The average Bonchev–Trinajstić information content (AvgIpc) is 3.49. The van der Waals surface area contributed by atoms with E-state index in [1.807, 2.05) is 25.3 Å². The molecule has 0 radical (unpaired) electrons. The van der Waals surface area contributed by atoms with Crippen molar-refractivity contribution in [1.29, 1.82) is 0 Å². The highest BCUT2D eigenvalue weighted by molar-refractivity contribution is 5.95. The first-order chi connectivity index (χ1) is 15.6. The Hall–Kier alpha value is -3.76. The van der Waals surface area contributed by atoms with Crippen LogP contribution in [0.2, 0.25) is 0 Å². The summed E-state index contributed by atoms with van der Waals surface area (Å²) >= 11 is 0. The van der Waals surface area contributed by atoms with Gasteiger partial charge in [-0.1, -0.05) is 11.2 Å². The van der Waals surface area contributed by atoms with Gasteiger partial charge in [0.05, 0.1) is 23.3 Å². The molecule has 1 unspecified atom stereocenters. The molecule has 0 aliphatic heterocycles. The summed E-state index contributed by atoms with van der Waals surface area (Å²) in [5.41, 5.74) is 6.67. The smallest absolute Gasteiger partial charge is 0.288 e. The Bertz CT molecular complexity index is 1300. The van der Waals surface area contributed by atoms with Crippen LogP contribution in [0.15, 0.2) is 47.2 Å². The minimum atomic E-state index is -3.27. The summed E-state index contributed by atoms with van der Waals surface area (Å²) in [6, 6.07) is 7.72. The number of nitrogen functional groups attached to an aromatic ring is 1. The number of benzene rings is 1. The van der Waals surface area contributed by atoms with Crippen molar-refractivity contribution in [2.24, 2.45) is 0 Å². The third-order valence-corrected chi connectivity index (χ3v) is 5.20. The standard InChI is InChI=1S/C22H23F3N6O2/c1-22(2,3)30-8-7-12(11-30)21(32)27-10-17-28-20(29-33-17)16-9-13-14(26)5-4-6-15(13)31(16)19(25)18(23)24/h4-9,11,18-19H,10,26H2,1-3H3,(H,27,32). The highest BCUT2D eigenvalue weighted by Crippen LogP contribution is 2.35. The third-order valence-electron chi connectivity index (χ3n) is 5.20. The highest BCUT2D eigenvalue weighted by Gasteiger charge is 2.28. The van der Waals surface area contributed by atoms with Crippen LogP contribution in [-0.4, -0.2) is 31.6 Å². The summed E-state index contributed by atoms with van der Waals surface area (Å²) in [4.78, 5) is 16.6. The number of nitrogens with two attached hydrogens (primary N) is 1. The minimum Gasteiger partial charge on any atom is -0.398 e. The normalized spacial score (nSPS) is 13.1. The van der Waals surface area contributed by atoms with Gasteiger partial charge in [0.25, 0.3) is 12.3 Å². The summed E-state index contributed by atoms with van der Waals surface area (Å²) in [6.45, 7) is 5.94. The van der Waals surface area contributed by atoms with E-state index < -0.39 is 12.7 Å². The number of carbonyl (C=O) groups excluding carboxylic acids is 1. The lowest BCUT2D eigenvalue weighted by molar-refractivity contribution is 0.0114. The lowest BCUT2D eigenvalue weighted by atomic mass is 10.1. The first kappa shape index (κ1) is 22.4. The van der Waals surface area contributed by atoms with Crippen LogP contribution in [0.1, 0.15) is 43.3 Å². The Morgan fingerprint density at radius 2 is 2.00 bits per heavy atom. The molecule has 3 aromatic heterocycles. The van der Waals surface area contributed by atoms with Crippen LogP contribution >= 0.6 is 0 Å². The number of hydrogen-bond donors (Lipinski definition) is 2. The zero-order valence-electron chi connectivity index (χ0n) is 18.2. The summed E-state index contributed by atoms with van der Waals surface area (Å²) in [5.74, 6) is -0.413. The van der Waals surface area contributed by atoms with Crippen molar-refractivity contribution in [3.63, 3.8) is 0 Å². The minimum absolute atomic E-state index is 0.0146. The van der Waals surface area contributed by atoms with Crippen LogP contribution < -0.4 is 11.1 Å². The lowest BCUT2D eigenvalue weighted by Crippen LogP contribution is -2.23. The fraction of sp³-hybridized carbons (Fsp3) is 0.318. The van der Waals surface area contributed by atoms with Gasteiger partial charge in [0.2, 0.25) is 18.0 Å². The number of aromatic nitrogens is 4. The van der Waals surface area contributed by atoms with Crippen molar-refractivity contribution in [3.8, 4) is 11.5 Å². The molecule has 0 spiro atoms. The van der Waals surface area contributed by atoms with Gasteiger partial charge in [-0.25, -0.2) is 13.2 Å². The molecular formula is C22H23F3N6O2. The first-order valence-corrected chi connectivity index (χ1v) is 10.2. The third kappa shape index (κ3) is 4.30. The molecule has 0 saturated heterocycles. The van der Waals surface area contributed by atoms with Gasteiger partial charge in [0.1, 0.15) is 0 Å².